The van der Waals surface area contributed by atoms with E-state index in [4.69, 9.17) is 5.14 Å². The molecule has 28 heavy (non-hydrogen) atoms. The number of nitrogens with zero attached hydrogens (tertiary/aromatic N) is 1. The van der Waals surface area contributed by atoms with Gasteiger partial charge < -0.3 is 15.2 Å². The summed E-state index contributed by atoms with van der Waals surface area (Å²) in [5.41, 5.74) is 1.00. The Hall–Kier alpha value is -2.49. The molecule has 2 aromatic rings. The van der Waals surface area contributed by atoms with Crippen LogP contribution < -0.4 is 16.0 Å². The lowest BCUT2D eigenvalue weighted by Crippen LogP contribution is -2.30. The number of aromatic amines is 1. The van der Waals surface area contributed by atoms with Crippen molar-refractivity contribution in [3.8, 4) is 0 Å². The van der Waals surface area contributed by atoms with E-state index in [1.165, 1.54) is 18.2 Å². The number of rotatable bonds is 8. The zero-order valence-corrected chi connectivity index (χ0v) is 17.0. The number of hydrogen-bond donors (Lipinski definition) is 3. The van der Waals surface area contributed by atoms with Gasteiger partial charge in [-0.05, 0) is 42.8 Å². The summed E-state index contributed by atoms with van der Waals surface area (Å²) in [6.45, 7) is 5.88. The van der Waals surface area contributed by atoms with Crippen molar-refractivity contribution in [2.45, 2.75) is 31.8 Å². The first-order valence-corrected chi connectivity index (χ1v) is 10.4. The summed E-state index contributed by atoms with van der Waals surface area (Å²) in [6.07, 6.45) is 0. The molecule has 1 heterocycles. The van der Waals surface area contributed by atoms with Gasteiger partial charge in [0.2, 0.25) is 10.0 Å². The first kappa shape index (κ1) is 21.8. The van der Waals surface area contributed by atoms with Crippen molar-refractivity contribution in [1.29, 1.82) is 0 Å². The van der Waals surface area contributed by atoms with E-state index in [1.54, 1.807) is 18.2 Å². The van der Waals surface area contributed by atoms with Gasteiger partial charge in [0, 0.05) is 25.3 Å². The molecule has 9 heteroatoms. The molecule has 0 spiro atoms. The molecule has 152 valence electrons. The van der Waals surface area contributed by atoms with Crippen molar-refractivity contribution < 1.29 is 13.2 Å². The van der Waals surface area contributed by atoms with Crippen LogP contribution in [0.5, 0.6) is 0 Å². The van der Waals surface area contributed by atoms with E-state index in [9.17, 15) is 18.0 Å². The highest BCUT2D eigenvalue weighted by Crippen LogP contribution is 2.09. The number of benzene rings is 1. The Morgan fingerprint density at radius 1 is 1.18 bits per heavy atom. The van der Waals surface area contributed by atoms with Crippen molar-refractivity contribution >= 4 is 15.9 Å². The third-order valence-corrected chi connectivity index (χ3v) is 4.97. The minimum Gasteiger partial charge on any atom is -0.348 e. The molecule has 4 N–H and O–H groups in total. The third kappa shape index (κ3) is 6.29. The van der Waals surface area contributed by atoms with Crippen LogP contribution in [-0.4, -0.2) is 37.8 Å². The van der Waals surface area contributed by atoms with Gasteiger partial charge in [0.15, 0.2) is 0 Å². The smallest absolute Gasteiger partial charge is 0.261 e. The van der Waals surface area contributed by atoms with Crippen molar-refractivity contribution in [3.63, 3.8) is 0 Å². The minimum atomic E-state index is -3.76. The van der Waals surface area contributed by atoms with Crippen LogP contribution in [0.1, 0.15) is 35.5 Å². The molecule has 2 rings (SSSR count). The van der Waals surface area contributed by atoms with Crippen LogP contribution in [0, 0.1) is 5.92 Å². The van der Waals surface area contributed by atoms with Gasteiger partial charge in [0.25, 0.3) is 11.5 Å². The van der Waals surface area contributed by atoms with E-state index in [2.05, 4.69) is 29.0 Å². The monoisotopic (exact) mass is 406 g/mol. The largest absolute Gasteiger partial charge is 0.348 e. The Labute approximate surface area is 164 Å². The number of carbonyl (C=O) groups excluding carboxylic acids is 1. The zero-order chi connectivity index (χ0) is 20.9. The standard InChI is InChI=1S/C19H26N4O4S/c1-13(2)11-23(3)12-15-6-9-17(19(25)22-15)18(24)21-10-14-4-7-16(8-5-14)28(20,26)27/h4-9,13H,10-12H2,1-3H3,(H,21,24)(H,22,25)(H2,20,26,27). The lowest BCUT2D eigenvalue weighted by atomic mass is 10.2. The van der Waals surface area contributed by atoms with Crippen molar-refractivity contribution in [2.75, 3.05) is 13.6 Å². The molecule has 0 aliphatic heterocycles. The predicted octanol–water partition coefficient (Wildman–Crippen LogP) is 1.04. The van der Waals surface area contributed by atoms with Gasteiger partial charge in [0.05, 0.1) is 4.90 Å². The highest BCUT2D eigenvalue weighted by atomic mass is 32.2. The van der Waals surface area contributed by atoms with Gasteiger partial charge in [-0.2, -0.15) is 0 Å². The number of pyridine rings is 1. The number of nitrogens with two attached hydrogens (primary N) is 1. The molecule has 1 aromatic carbocycles. The molecular weight excluding hydrogens is 380 g/mol. The molecule has 0 fully saturated rings. The molecule has 0 radical (unpaired) electrons. The second kappa shape index (κ2) is 9.13. The summed E-state index contributed by atoms with van der Waals surface area (Å²) >= 11 is 0. The molecule has 0 aliphatic carbocycles. The molecular formula is C19H26N4O4S. The molecule has 0 bridgehead atoms. The normalized spacial score (nSPS) is 11.8. The number of carbonyl (C=O) groups is 1. The van der Waals surface area contributed by atoms with E-state index in [0.717, 1.165) is 12.2 Å². The summed E-state index contributed by atoms with van der Waals surface area (Å²) in [5.74, 6) is 0.0136. The van der Waals surface area contributed by atoms with Crippen LogP contribution in [0.25, 0.3) is 0 Å². The maximum Gasteiger partial charge on any atom is 0.261 e. The first-order valence-electron chi connectivity index (χ1n) is 8.87. The van der Waals surface area contributed by atoms with Crippen LogP contribution in [0.2, 0.25) is 0 Å². The average molecular weight is 407 g/mol. The quantitative estimate of drug-likeness (QED) is 0.604. The Morgan fingerprint density at radius 2 is 1.82 bits per heavy atom. The molecule has 1 amide bonds. The van der Waals surface area contributed by atoms with Gasteiger partial charge in [-0.25, -0.2) is 13.6 Å². The van der Waals surface area contributed by atoms with Gasteiger partial charge in [-0.3, -0.25) is 9.59 Å². The van der Waals surface area contributed by atoms with E-state index < -0.39 is 21.5 Å². The number of amides is 1. The highest BCUT2D eigenvalue weighted by molar-refractivity contribution is 7.89. The van der Waals surface area contributed by atoms with Crippen LogP contribution in [-0.2, 0) is 23.1 Å². The van der Waals surface area contributed by atoms with Crippen LogP contribution >= 0.6 is 0 Å². The van der Waals surface area contributed by atoms with Gasteiger partial charge >= 0.3 is 0 Å². The fraction of sp³-hybridized carbons (Fsp3) is 0.368. The first-order chi connectivity index (χ1) is 13.1. The molecule has 0 saturated carbocycles. The fourth-order valence-corrected chi connectivity index (χ4v) is 3.35. The van der Waals surface area contributed by atoms with Gasteiger partial charge in [-0.1, -0.05) is 26.0 Å². The van der Waals surface area contributed by atoms with Crippen molar-refractivity contribution in [3.05, 3.63) is 63.6 Å². The molecule has 8 nitrogen and oxygen atoms in total. The molecule has 0 atom stereocenters. The van der Waals surface area contributed by atoms with Crippen LogP contribution in [0.4, 0.5) is 0 Å². The number of H-pyrrole nitrogens is 1. The summed E-state index contributed by atoms with van der Waals surface area (Å²) in [7, 11) is -1.78. The van der Waals surface area contributed by atoms with Crippen molar-refractivity contribution in [1.82, 2.24) is 15.2 Å². The van der Waals surface area contributed by atoms with Crippen LogP contribution in [0.15, 0.2) is 46.1 Å². The average Bonchev–Trinajstić information content (AvgIpc) is 2.58. The van der Waals surface area contributed by atoms with E-state index in [1.807, 2.05) is 7.05 Å². The number of nitrogens with one attached hydrogen (secondary N) is 2. The Kier molecular flexibility index (Phi) is 7.11. The maximum absolute atomic E-state index is 12.3. The molecule has 0 unspecified atom stereocenters. The summed E-state index contributed by atoms with van der Waals surface area (Å²) in [4.78, 5) is 29.4. The topological polar surface area (TPSA) is 125 Å². The molecule has 1 aromatic heterocycles. The van der Waals surface area contributed by atoms with E-state index in [0.29, 0.717) is 18.0 Å². The Morgan fingerprint density at radius 3 is 2.36 bits per heavy atom. The van der Waals surface area contributed by atoms with Gasteiger partial charge in [-0.15, -0.1) is 0 Å². The lowest BCUT2D eigenvalue weighted by molar-refractivity contribution is 0.0949. The Bertz CT molecular complexity index is 982. The second-order valence-corrected chi connectivity index (χ2v) is 8.75. The van der Waals surface area contributed by atoms with E-state index in [-0.39, 0.29) is 17.0 Å². The number of hydrogen-bond acceptors (Lipinski definition) is 5. The third-order valence-electron chi connectivity index (χ3n) is 4.04. The summed E-state index contributed by atoms with van der Waals surface area (Å²) in [6, 6.07) is 9.08. The molecule has 0 saturated heterocycles. The van der Waals surface area contributed by atoms with Crippen LogP contribution in [0.3, 0.4) is 0 Å². The highest BCUT2D eigenvalue weighted by Gasteiger charge is 2.12. The summed E-state index contributed by atoms with van der Waals surface area (Å²) in [5, 5.41) is 7.70. The van der Waals surface area contributed by atoms with Crippen molar-refractivity contribution in [2.24, 2.45) is 11.1 Å². The lowest BCUT2D eigenvalue weighted by Gasteiger charge is -2.18. The minimum absolute atomic E-state index is 0.00274. The number of primary sulfonamides is 1. The van der Waals surface area contributed by atoms with Gasteiger partial charge in [0.1, 0.15) is 5.56 Å². The number of sulfonamides is 1. The fourth-order valence-electron chi connectivity index (χ4n) is 2.84. The second-order valence-electron chi connectivity index (χ2n) is 7.19. The maximum atomic E-state index is 12.3. The predicted molar refractivity (Wildman–Crippen MR) is 107 cm³/mol. The Balaban J connectivity index is 1.99. The summed E-state index contributed by atoms with van der Waals surface area (Å²) < 4.78 is 22.5. The molecule has 0 aliphatic rings. The van der Waals surface area contributed by atoms with E-state index >= 15 is 0 Å². The SMILES string of the molecule is CC(C)CN(C)Cc1ccc(C(=O)NCc2ccc(S(N)(=O)=O)cc2)c(=O)[nH]1. The zero-order valence-electron chi connectivity index (χ0n) is 16.2. The number of aromatic nitrogens is 1.